The third kappa shape index (κ3) is 4.06. The monoisotopic (exact) mass is 274 g/mol. The molecule has 1 N–H and O–H groups in total. The Kier molecular flexibility index (Phi) is 4.09. The number of hydrogen-bond acceptors (Lipinski definition) is 4. The van der Waals surface area contributed by atoms with Crippen LogP contribution in [0.25, 0.3) is 0 Å². The van der Waals surface area contributed by atoms with Crippen LogP contribution >= 0.6 is 0 Å². The minimum Gasteiger partial charge on any atom is -0.436 e. The van der Waals surface area contributed by atoms with Gasteiger partial charge in [0.25, 0.3) is 0 Å². The molecule has 0 amide bonds. The van der Waals surface area contributed by atoms with Gasteiger partial charge < -0.3 is 10.1 Å². The molecule has 0 aromatic carbocycles. The van der Waals surface area contributed by atoms with E-state index in [1.807, 2.05) is 32.3 Å². The molecule has 2 aromatic heterocycles. The smallest absolute Gasteiger partial charge is 0.219 e. The number of aromatic nitrogens is 3. The highest BCUT2D eigenvalue weighted by Gasteiger charge is 2.10. The van der Waals surface area contributed by atoms with Crippen LogP contribution in [0.1, 0.15) is 32.0 Å². The van der Waals surface area contributed by atoms with Crippen molar-refractivity contribution in [3.63, 3.8) is 0 Å². The Labute approximate surface area is 120 Å². The van der Waals surface area contributed by atoms with Gasteiger partial charge in [0.1, 0.15) is 0 Å². The third-order valence-corrected chi connectivity index (χ3v) is 2.88. The first-order valence-electron chi connectivity index (χ1n) is 6.71. The highest BCUT2D eigenvalue weighted by atomic mass is 16.5. The van der Waals surface area contributed by atoms with Crippen LogP contribution in [0.2, 0.25) is 0 Å². The maximum Gasteiger partial charge on any atom is 0.219 e. The molecule has 0 aliphatic heterocycles. The van der Waals surface area contributed by atoms with Crippen molar-refractivity contribution >= 4 is 0 Å². The zero-order chi connectivity index (χ0) is 14.8. The second-order valence-corrected chi connectivity index (χ2v) is 5.95. The van der Waals surface area contributed by atoms with E-state index in [9.17, 15) is 0 Å². The van der Waals surface area contributed by atoms with Gasteiger partial charge in [-0.1, -0.05) is 6.07 Å². The summed E-state index contributed by atoms with van der Waals surface area (Å²) in [6, 6.07) is 3.94. The van der Waals surface area contributed by atoms with Gasteiger partial charge >= 0.3 is 0 Å². The van der Waals surface area contributed by atoms with Crippen LogP contribution in [0.4, 0.5) is 0 Å². The summed E-state index contributed by atoms with van der Waals surface area (Å²) in [7, 11) is 1.85. The average molecular weight is 274 g/mol. The van der Waals surface area contributed by atoms with E-state index in [4.69, 9.17) is 4.74 Å². The predicted molar refractivity (Wildman–Crippen MR) is 78.8 cm³/mol. The van der Waals surface area contributed by atoms with Gasteiger partial charge in [0.15, 0.2) is 5.75 Å². The first kappa shape index (κ1) is 14.5. The Bertz CT molecular complexity index is 584. The van der Waals surface area contributed by atoms with Gasteiger partial charge in [-0.2, -0.15) is 5.10 Å². The van der Waals surface area contributed by atoms with Crippen molar-refractivity contribution in [1.82, 2.24) is 20.1 Å². The van der Waals surface area contributed by atoms with Crippen LogP contribution in [0, 0.1) is 6.92 Å². The molecule has 0 atom stereocenters. The van der Waals surface area contributed by atoms with E-state index in [-0.39, 0.29) is 5.54 Å². The number of rotatable bonds is 4. The van der Waals surface area contributed by atoms with Crippen molar-refractivity contribution < 1.29 is 4.74 Å². The van der Waals surface area contributed by atoms with Crippen LogP contribution in [0.15, 0.2) is 24.5 Å². The summed E-state index contributed by atoms with van der Waals surface area (Å²) >= 11 is 0. The molecule has 2 heterocycles. The maximum atomic E-state index is 5.67. The SMILES string of the molecule is Cc1nc(Oc2cnn(C)c2)ccc1CNC(C)(C)C. The molecule has 2 aromatic rings. The third-order valence-electron chi connectivity index (χ3n) is 2.88. The van der Waals surface area contributed by atoms with Crippen LogP contribution in [0.5, 0.6) is 11.6 Å². The van der Waals surface area contributed by atoms with Gasteiger partial charge in [0.2, 0.25) is 5.88 Å². The lowest BCUT2D eigenvalue weighted by molar-refractivity contribution is 0.422. The molecule has 0 radical (unpaired) electrons. The van der Waals surface area contributed by atoms with Gasteiger partial charge in [-0.3, -0.25) is 4.68 Å². The second kappa shape index (κ2) is 5.63. The number of ether oxygens (including phenoxy) is 1. The molecule has 5 heteroatoms. The van der Waals surface area contributed by atoms with E-state index in [0.717, 1.165) is 12.2 Å². The Morgan fingerprint density at radius 2 is 2.05 bits per heavy atom. The van der Waals surface area contributed by atoms with Gasteiger partial charge in [-0.25, -0.2) is 4.98 Å². The van der Waals surface area contributed by atoms with Crippen LogP contribution in [-0.2, 0) is 13.6 Å². The van der Waals surface area contributed by atoms with Crippen molar-refractivity contribution in [1.29, 1.82) is 0 Å². The number of aryl methyl sites for hydroxylation is 2. The summed E-state index contributed by atoms with van der Waals surface area (Å²) in [4.78, 5) is 4.48. The van der Waals surface area contributed by atoms with Crippen molar-refractivity contribution in [2.24, 2.45) is 7.05 Å². The number of pyridine rings is 1. The van der Waals surface area contributed by atoms with E-state index in [2.05, 4.69) is 36.2 Å². The molecule has 0 unspecified atom stereocenters. The van der Waals surface area contributed by atoms with E-state index in [1.165, 1.54) is 5.56 Å². The van der Waals surface area contributed by atoms with Crippen molar-refractivity contribution in [2.45, 2.75) is 39.8 Å². The molecule has 0 spiro atoms. The molecule has 0 saturated heterocycles. The number of nitrogens with zero attached hydrogens (tertiary/aromatic N) is 3. The Balaban J connectivity index is 2.05. The number of nitrogens with one attached hydrogen (secondary N) is 1. The standard InChI is InChI=1S/C15H22N4O/c1-11-12(8-16-15(2,3)4)6-7-14(18-11)20-13-9-17-19(5)10-13/h6-7,9-10,16H,8H2,1-5H3. The van der Waals surface area contributed by atoms with Crippen molar-refractivity contribution in [3.05, 3.63) is 35.8 Å². The minimum atomic E-state index is 0.0946. The fraction of sp³-hybridized carbons (Fsp3) is 0.467. The molecule has 0 bridgehead atoms. The van der Waals surface area contributed by atoms with Crippen molar-refractivity contribution in [3.8, 4) is 11.6 Å². The highest BCUT2D eigenvalue weighted by molar-refractivity contribution is 5.28. The Hall–Kier alpha value is -1.88. The summed E-state index contributed by atoms with van der Waals surface area (Å²) in [5.74, 6) is 1.29. The maximum absolute atomic E-state index is 5.67. The molecule has 0 saturated carbocycles. The quantitative estimate of drug-likeness (QED) is 0.931. The molecular weight excluding hydrogens is 252 g/mol. The zero-order valence-corrected chi connectivity index (χ0v) is 12.8. The number of hydrogen-bond donors (Lipinski definition) is 1. The topological polar surface area (TPSA) is 52.0 Å². The molecule has 0 aliphatic rings. The van der Waals surface area contributed by atoms with Gasteiger partial charge in [-0.15, -0.1) is 0 Å². The fourth-order valence-corrected chi connectivity index (χ4v) is 1.74. The minimum absolute atomic E-state index is 0.0946. The Morgan fingerprint density at radius 3 is 2.60 bits per heavy atom. The lowest BCUT2D eigenvalue weighted by Crippen LogP contribution is -2.35. The average Bonchev–Trinajstić information content (AvgIpc) is 2.72. The predicted octanol–water partition coefficient (Wildman–Crippen LogP) is 2.80. The first-order chi connectivity index (χ1) is 9.33. The van der Waals surface area contributed by atoms with Crippen LogP contribution < -0.4 is 10.1 Å². The first-order valence-corrected chi connectivity index (χ1v) is 6.71. The molecule has 2 rings (SSSR count). The summed E-state index contributed by atoms with van der Waals surface area (Å²) in [6.07, 6.45) is 3.48. The lowest BCUT2D eigenvalue weighted by Gasteiger charge is -2.21. The lowest BCUT2D eigenvalue weighted by atomic mass is 10.1. The van der Waals surface area contributed by atoms with Gasteiger partial charge in [0.05, 0.1) is 12.4 Å². The van der Waals surface area contributed by atoms with Gasteiger partial charge in [-0.05, 0) is 33.3 Å². The van der Waals surface area contributed by atoms with Crippen LogP contribution in [-0.4, -0.2) is 20.3 Å². The normalized spacial score (nSPS) is 11.7. The van der Waals surface area contributed by atoms with Gasteiger partial charge in [0, 0.05) is 30.9 Å². The van der Waals surface area contributed by atoms with Crippen LogP contribution in [0.3, 0.4) is 0 Å². The van der Waals surface area contributed by atoms with E-state index in [0.29, 0.717) is 11.6 Å². The highest BCUT2D eigenvalue weighted by Crippen LogP contribution is 2.20. The largest absolute Gasteiger partial charge is 0.436 e. The summed E-state index contributed by atoms with van der Waals surface area (Å²) in [5.41, 5.74) is 2.25. The van der Waals surface area contributed by atoms with Crippen molar-refractivity contribution in [2.75, 3.05) is 0 Å². The fourth-order valence-electron chi connectivity index (χ4n) is 1.74. The molecule has 0 aliphatic carbocycles. The molecule has 0 fully saturated rings. The zero-order valence-electron chi connectivity index (χ0n) is 12.8. The molecule has 108 valence electrons. The van der Waals surface area contributed by atoms with E-state index < -0.39 is 0 Å². The van der Waals surface area contributed by atoms with E-state index >= 15 is 0 Å². The van der Waals surface area contributed by atoms with E-state index in [1.54, 1.807) is 10.9 Å². The molecular formula is C15H22N4O. The summed E-state index contributed by atoms with van der Waals surface area (Å²) in [5, 5.41) is 7.52. The molecule has 5 nitrogen and oxygen atoms in total. The second-order valence-electron chi connectivity index (χ2n) is 5.95. The summed E-state index contributed by atoms with van der Waals surface area (Å²) in [6.45, 7) is 9.24. The Morgan fingerprint density at radius 1 is 1.30 bits per heavy atom. The molecule has 20 heavy (non-hydrogen) atoms. The summed E-state index contributed by atoms with van der Waals surface area (Å²) < 4.78 is 7.36.